The van der Waals surface area contributed by atoms with E-state index in [1.54, 1.807) is 13.8 Å². The van der Waals surface area contributed by atoms with Crippen molar-refractivity contribution in [2.24, 2.45) is 5.41 Å². The van der Waals surface area contributed by atoms with Gasteiger partial charge in [-0.2, -0.15) is 0 Å². The van der Waals surface area contributed by atoms with Crippen LogP contribution in [0.2, 0.25) is 0 Å². The van der Waals surface area contributed by atoms with E-state index in [1.165, 1.54) is 0 Å². The van der Waals surface area contributed by atoms with Crippen LogP contribution in [0.5, 0.6) is 0 Å². The van der Waals surface area contributed by atoms with Crippen molar-refractivity contribution in [3.05, 3.63) is 59.2 Å². The van der Waals surface area contributed by atoms with Gasteiger partial charge in [-0.1, -0.05) is 49.7 Å². The molecule has 0 fully saturated rings. The molecule has 0 bridgehead atoms. The minimum atomic E-state index is -1.21. The van der Waals surface area contributed by atoms with Gasteiger partial charge in [-0.05, 0) is 56.9 Å². The number of nitrogens with one attached hydrogen (secondary N) is 2. The van der Waals surface area contributed by atoms with Crippen LogP contribution in [0, 0.1) is 19.3 Å². The van der Waals surface area contributed by atoms with E-state index in [-0.39, 0.29) is 17.7 Å². The molecule has 0 heterocycles. The van der Waals surface area contributed by atoms with Gasteiger partial charge in [-0.3, -0.25) is 9.59 Å². The van der Waals surface area contributed by atoms with Crippen LogP contribution in [0.15, 0.2) is 42.5 Å². The first kappa shape index (κ1) is 19.7. The molecule has 2 N–H and O–H groups in total. The van der Waals surface area contributed by atoms with Crippen molar-refractivity contribution in [3.8, 4) is 0 Å². The highest BCUT2D eigenvalue weighted by molar-refractivity contribution is 6.14. The molecule has 4 nitrogen and oxygen atoms in total. The van der Waals surface area contributed by atoms with Crippen LogP contribution in [-0.2, 0) is 9.59 Å². The van der Waals surface area contributed by atoms with Gasteiger partial charge in [0, 0.05) is 11.4 Å². The maximum atomic E-state index is 12.8. The van der Waals surface area contributed by atoms with Crippen LogP contribution in [0.25, 0.3) is 0 Å². The van der Waals surface area contributed by atoms with Gasteiger partial charge in [0.25, 0.3) is 0 Å². The SMILES string of the molecule is Cc1ccc(NC(=O)C(C)(C)C(=O)Nc2ccccc2C(C)C)c(C)c1. The van der Waals surface area contributed by atoms with Crippen molar-refractivity contribution < 1.29 is 9.59 Å². The predicted molar refractivity (Wildman–Crippen MR) is 107 cm³/mol. The molecular weight excluding hydrogens is 324 g/mol. The van der Waals surface area contributed by atoms with Crippen LogP contribution >= 0.6 is 0 Å². The Hall–Kier alpha value is -2.62. The molecule has 0 saturated carbocycles. The molecule has 0 radical (unpaired) electrons. The summed E-state index contributed by atoms with van der Waals surface area (Å²) < 4.78 is 0. The molecule has 0 atom stereocenters. The van der Waals surface area contributed by atoms with Gasteiger partial charge < -0.3 is 10.6 Å². The summed E-state index contributed by atoms with van der Waals surface area (Å²) in [6.45, 7) is 11.4. The number of hydrogen-bond donors (Lipinski definition) is 2. The van der Waals surface area contributed by atoms with E-state index < -0.39 is 5.41 Å². The van der Waals surface area contributed by atoms with Crippen molar-refractivity contribution in [1.29, 1.82) is 0 Å². The summed E-state index contributed by atoms with van der Waals surface area (Å²) >= 11 is 0. The third-order valence-electron chi connectivity index (χ3n) is 4.60. The number of hydrogen-bond acceptors (Lipinski definition) is 2. The highest BCUT2D eigenvalue weighted by Gasteiger charge is 2.36. The van der Waals surface area contributed by atoms with E-state index in [9.17, 15) is 9.59 Å². The normalized spacial score (nSPS) is 11.3. The van der Waals surface area contributed by atoms with Crippen LogP contribution in [-0.4, -0.2) is 11.8 Å². The van der Waals surface area contributed by atoms with Crippen molar-refractivity contribution in [3.63, 3.8) is 0 Å². The molecule has 0 aromatic heterocycles. The minimum absolute atomic E-state index is 0.277. The van der Waals surface area contributed by atoms with E-state index in [0.717, 1.165) is 28.1 Å². The average molecular weight is 352 g/mol. The first-order valence-electron chi connectivity index (χ1n) is 8.92. The average Bonchev–Trinajstić information content (AvgIpc) is 2.57. The molecule has 26 heavy (non-hydrogen) atoms. The lowest BCUT2D eigenvalue weighted by atomic mass is 9.90. The van der Waals surface area contributed by atoms with Gasteiger partial charge in [0.2, 0.25) is 11.8 Å². The number of carbonyl (C=O) groups excluding carboxylic acids is 2. The van der Waals surface area contributed by atoms with Gasteiger partial charge in [-0.15, -0.1) is 0 Å². The fraction of sp³-hybridized carbons (Fsp3) is 0.364. The molecule has 2 aromatic carbocycles. The summed E-state index contributed by atoms with van der Waals surface area (Å²) in [5.74, 6) is -0.379. The summed E-state index contributed by atoms with van der Waals surface area (Å²) in [4.78, 5) is 25.6. The maximum absolute atomic E-state index is 12.8. The fourth-order valence-electron chi connectivity index (χ4n) is 2.73. The number of rotatable bonds is 5. The van der Waals surface area contributed by atoms with E-state index in [0.29, 0.717) is 0 Å². The van der Waals surface area contributed by atoms with E-state index >= 15 is 0 Å². The van der Waals surface area contributed by atoms with Crippen molar-refractivity contribution in [1.82, 2.24) is 0 Å². The monoisotopic (exact) mass is 352 g/mol. The molecule has 4 heteroatoms. The van der Waals surface area contributed by atoms with Gasteiger partial charge >= 0.3 is 0 Å². The molecule has 0 saturated heterocycles. The Morgan fingerprint density at radius 2 is 1.46 bits per heavy atom. The van der Waals surface area contributed by atoms with Crippen molar-refractivity contribution in [2.45, 2.75) is 47.5 Å². The maximum Gasteiger partial charge on any atom is 0.239 e. The molecule has 0 unspecified atom stereocenters. The number of anilines is 2. The van der Waals surface area contributed by atoms with Crippen LogP contribution in [0.3, 0.4) is 0 Å². The highest BCUT2D eigenvalue weighted by Crippen LogP contribution is 2.27. The molecule has 0 aliphatic heterocycles. The Labute approximate surface area is 156 Å². The zero-order valence-electron chi connectivity index (χ0n) is 16.4. The van der Waals surface area contributed by atoms with E-state index in [4.69, 9.17) is 0 Å². The summed E-state index contributed by atoms with van der Waals surface area (Å²) in [5, 5.41) is 5.80. The Balaban J connectivity index is 2.18. The van der Waals surface area contributed by atoms with Crippen molar-refractivity contribution >= 4 is 23.2 Å². The van der Waals surface area contributed by atoms with Gasteiger partial charge in [0.1, 0.15) is 5.41 Å². The summed E-state index contributed by atoms with van der Waals surface area (Å²) in [6.07, 6.45) is 0. The Morgan fingerprint density at radius 3 is 2.04 bits per heavy atom. The Bertz CT molecular complexity index is 823. The summed E-state index contributed by atoms with van der Waals surface area (Å²) in [5.41, 5.74) is 3.42. The van der Waals surface area contributed by atoms with E-state index in [1.807, 2.05) is 56.3 Å². The molecule has 0 aliphatic rings. The molecular formula is C22H28N2O2. The first-order chi connectivity index (χ1) is 12.1. The molecule has 2 aromatic rings. The number of aryl methyl sites for hydroxylation is 2. The van der Waals surface area contributed by atoms with Gasteiger partial charge in [0.05, 0.1) is 0 Å². The fourth-order valence-corrected chi connectivity index (χ4v) is 2.73. The zero-order valence-corrected chi connectivity index (χ0v) is 16.4. The lowest BCUT2D eigenvalue weighted by molar-refractivity contribution is -0.135. The highest BCUT2D eigenvalue weighted by atomic mass is 16.2. The molecule has 138 valence electrons. The predicted octanol–water partition coefficient (Wildman–Crippen LogP) is 5.03. The zero-order chi connectivity index (χ0) is 19.5. The largest absolute Gasteiger partial charge is 0.325 e. The number of benzene rings is 2. The molecule has 2 amide bonds. The second-order valence-corrected chi connectivity index (χ2v) is 7.59. The lowest BCUT2D eigenvalue weighted by Crippen LogP contribution is -2.41. The smallest absolute Gasteiger partial charge is 0.239 e. The lowest BCUT2D eigenvalue weighted by Gasteiger charge is -2.24. The Morgan fingerprint density at radius 1 is 0.885 bits per heavy atom. The van der Waals surface area contributed by atoms with Crippen molar-refractivity contribution in [2.75, 3.05) is 10.6 Å². The van der Waals surface area contributed by atoms with Gasteiger partial charge in [-0.25, -0.2) is 0 Å². The number of carbonyl (C=O) groups is 2. The van der Waals surface area contributed by atoms with Crippen LogP contribution in [0.4, 0.5) is 11.4 Å². The topological polar surface area (TPSA) is 58.2 Å². The summed E-state index contributed by atoms with van der Waals surface area (Å²) in [7, 11) is 0. The molecule has 0 aliphatic carbocycles. The summed E-state index contributed by atoms with van der Waals surface area (Å²) in [6, 6.07) is 13.5. The third kappa shape index (κ3) is 4.31. The van der Waals surface area contributed by atoms with Crippen LogP contribution < -0.4 is 10.6 Å². The van der Waals surface area contributed by atoms with E-state index in [2.05, 4.69) is 24.5 Å². The number of para-hydroxylation sites is 1. The molecule has 2 rings (SSSR count). The standard InChI is InChI=1S/C22H28N2O2/c1-14(2)17-9-7-8-10-19(17)24-21(26)22(5,6)20(25)23-18-12-11-15(3)13-16(18)4/h7-14H,1-6H3,(H,23,25)(H,24,26). The second-order valence-electron chi connectivity index (χ2n) is 7.59. The molecule has 0 spiro atoms. The minimum Gasteiger partial charge on any atom is -0.325 e. The quantitative estimate of drug-likeness (QED) is 0.742. The number of amides is 2. The second kappa shape index (κ2) is 7.73. The van der Waals surface area contributed by atoms with Crippen LogP contribution in [0.1, 0.15) is 50.3 Å². The van der Waals surface area contributed by atoms with Gasteiger partial charge in [0.15, 0.2) is 0 Å². The first-order valence-corrected chi connectivity index (χ1v) is 8.92. The Kier molecular flexibility index (Phi) is 5.86. The third-order valence-corrected chi connectivity index (χ3v) is 4.60.